The predicted molar refractivity (Wildman–Crippen MR) is 82.2 cm³/mol. The number of likely N-dealkylation sites (tertiary alicyclic amines) is 1. The maximum absolute atomic E-state index is 12.7. The van der Waals surface area contributed by atoms with Crippen LogP contribution in [0.1, 0.15) is 28.7 Å². The summed E-state index contributed by atoms with van der Waals surface area (Å²) < 4.78 is 5.35. The number of hydrogen-bond acceptors (Lipinski definition) is 5. The molecule has 1 aliphatic rings. The quantitative estimate of drug-likeness (QED) is 0.945. The Hall–Kier alpha value is -1.66. The number of furan rings is 1. The largest absolute Gasteiger partial charge is 0.462 e. The molecular weight excluding hydrogens is 286 g/mol. The predicted octanol–water partition coefficient (Wildman–Crippen LogP) is 2.52. The fourth-order valence-electron chi connectivity index (χ4n) is 2.61. The SMILES string of the molecule is Cc1sc(-c2ccco2)nc1C(=O)N1CCC(C)(CN)C1. The van der Waals surface area contributed by atoms with E-state index in [0.29, 0.717) is 24.5 Å². The molecule has 0 aliphatic carbocycles. The van der Waals surface area contributed by atoms with Crippen molar-refractivity contribution in [3.05, 3.63) is 29.0 Å². The van der Waals surface area contributed by atoms with Gasteiger partial charge in [0.2, 0.25) is 0 Å². The lowest BCUT2D eigenvalue weighted by Gasteiger charge is -2.22. The minimum Gasteiger partial charge on any atom is -0.462 e. The van der Waals surface area contributed by atoms with Gasteiger partial charge in [-0.3, -0.25) is 4.79 Å². The summed E-state index contributed by atoms with van der Waals surface area (Å²) in [7, 11) is 0. The van der Waals surface area contributed by atoms with Crippen LogP contribution in [0.25, 0.3) is 10.8 Å². The van der Waals surface area contributed by atoms with Crippen LogP contribution in [-0.2, 0) is 0 Å². The first kappa shape index (κ1) is 14.3. The van der Waals surface area contributed by atoms with Gasteiger partial charge in [-0.25, -0.2) is 4.98 Å². The number of carbonyl (C=O) groups is 1. The zero-order chi connectivity index (χ0) is 15.0. The Morgan fingerprint density at radius 3 is 3.05 bits per heavy atom. The number of aryl methyl sites for hydroxylation is 1. The van der Waals surface area contributed by atoms with E-state index < -0.39 is 0 Å². The zero-order valence-electron chi connectivity index (χ0n) is 12.3. The maximum atomic E-state index is 12.7. The second-order valence-electron chi connectivity index (χ2n) is 5.89. The molecule has 1 fully saturated rings. The molecule has 2 aromatic rings. The second kappa shape index (κ2) is 5.27. The third-order valence-corrected chi connectivity index (χ3v) is 5.05. The standard InChI is InChI=1S/C15H19N3O2S/c1-10-12(17-13(21-10)11-4-3-7-20-11)14(19)18-6-5-15(2,8-16)9-18/h3-4,7H,5-6,8-9,16H2,1-2H3. The lowest BCUT2D eigenvalue weighted by Crippen LogP contribution is -2.34. The Morgan fingerprint density at radius 2 is 2.43 bits per heavy atom. The molecule has 2 aromatic heterocycles. The molecule has 1 atom stereocenters. The van der Waals surface area contributed by atoms with Crippen molar-refractivity contribution >= 4 is 17.2 Å². The number of nitrogens with two attached hydrogens (primary N) is 1. The summed E-state index contributed by atoms with van der Waals surface area (Å²) in [6.07, 6.45) is 2.56. The van der Waals surface area contributed by atoms with Crippen LogP contribution in [0, 0.1) is 12.3 Å². The van der Waals surface area contributed by atoms with E-state index in [0.717, 1.165) is 22.9 Å². The number of carbonyl (C=O) groups excluding carboxylic acids is 1. The molecule has 0 bridgehead atoms. The van der Waals surface area contributed by atoms with E-state index >= 15 is 0 Å². The first-order valence-corrected chi connectivity index (χ1v) is 7.85. The molecule has 1 aliphatic heterocycles. The van der Waals surface area contributed by atoms with Crippen molar-refractivity contribution in [1.82, 2.24) is 9.88 Å². The lowest BCUT2D eigenvalue weighted by molar-refractivity contribution is 0.0771. The summed E-state index contributed by atoms with van der Waals surface area (Å²) in [4.78, 5) is 19.9. The Bertz CT molecular complexity index is 650. The lowest BCUT2D eigenvalue weighted by atomic mass is 9.90. The van der Waals surface area contributed by atoms with Crippen LogP contribution in [0.2, 0.25) is 0 Å². The molecule has 6 heteroatoms. The van der Waals surface area contributed by atoms with Gasteiger partial charge in [-0.15, -0.1) is 11.3 Å². The molecule has 3 rings (SSSR count). The van der Waals surface area contributed by atoms with Gasteiger partial charge in [-0.1, -0.05) is 6.92 Å². The zero-order valence-corrected chi connectivity index (χ0v) is 13.1. The average molecular weight is 305 g/mol. The van der Waals surface area contributed by atoms with Gasteiger partial charge in [-0.2, -0.15) is 0 Å². The van der Waals surface area contributed by atoms with Crippen LogP contribution in [0.4, 0.5) is 0 Å². The van der Waals surface area contributed by atoms with Crippen molar-refractivity contribution in [3.8, 4) is 10.8 Å². The number of thiazole rings is 1. The normalized spacial score (nSPS) is 22.0. The third kappa shape index (κ3) is 2.61. The molecular formula is C15H19N3O2S. The van der Waals surface area contributed by atoms with E-state index in [1.54, 1.807) is 6.26 Å². The molecule has 0 spiro atoms. The molecule has 2 N–H and O–H groups in total. The van der Waals surface area contributed by atoms with Gasteiger partial charge in [0.15, 0.2) is 10.8 Å². The molecule has 112 valence electrons. The van der Waals surface area contributed by atoms with Crippen LogP contribution in [0.15, 0.2) is 22.8 Å². The van der Waals surface area contributed by atoms with Gasteiger partial charge in [0.05, 0.1) is 6.26 Å². The number of hydrogen-bond donors (Lipinski definition) is 1. The number of aromatic nitrogens is 1. The van der Waals surface area contributed by atoms with Crippen molar-refractivity contribution in [1.29, 1.82) is 0 Å². The highest BCUT2D eigenvalue weighted by atomic mass is 32.1. The van der Waals surface area contributed by atoms with Crippen LogP contribution in [0.3, 0.4) is 0 Å². The maximum Gasteiger partial charge on any atom is 0.273 e. The minimum absolute atomic E-state index is 0.00117. The van der Waals surface area contributed by atoms with Crippen molar-refractivity contribution in [2.45, 2.75) is 20.3 Å². The van der Waals surface area contributed by atoms with Crippen LogP contribution in [-0.4, -0.2) is 35.4 Å². The van der Waals surface area contributed by atoms with Crippen LogP contribution >= 0.6 is 11.3 Å². The van der Waals surface area contributed by atoms with E-state index in [1.165, 1.54) is 11.3 Å². The fraction of sp³-hybridized carbons (Fsp3) is 0.467. The van der Waals surface area contributed by atoms with Gasteiger partial charge in [0, 0.05) is 18.0 Å². The Balaban J connectivity index is 1.83. The van der Waals surface area contributed by atoms with Gasteiger partial charge < -0.3 is 15.1 Å². The van der Waals surface area contributed by atoms with Gasteiger partial charge in [0.25, 0.3) is 5.91 Å². The summed E-state index contributed by atoms with van der Waals surface area (Å²) in [6, 6.07) is 3.68. The Labute approximate surface area is 127 Å². The summed E-state index contributed by atoms with van der Waals surface area (Å²) >= 11 is 1.49. The van der Waals surface area contributed by atoms with E-state index in [2.05, 4.69) is 11.9 Å². The third-order valence-electron chi connectivity index (χ3n) is 4.07. The van der Waals surface area contributed by atoms with Gasteiger partial charge >= 0.3 is 0 Å². The fourth-order valence-corrected chi connectivity index (χ4v) is 3.49. The smallest absolute Gasteiger partial charge is 0.273 e. The first-order valence-electron chi connectivity index (χ1n) is 7.03. The van der Waals surface area contributed by atoms with Crippen molar-refractivity contribution in [3.63, 3.8) is 0 Å². The van der Waals surface area contributed by atoms with E-state index in [4.69, 9.17) is 10.2 Å². The highest BCUT2D eigenvalue weighted by molar-refractivity contribution is 7.15. The molecule has 5 nitrogen and oxygen atoms in total. The molecule has 0 aromatic carbocycles. The number of rotatable bonds is 3. The highest BCUT2D eigenvalue weighted by Crippen LogP contribution is 2.32. The molecule has 1 saturated heterocycles. The number of nitrogens with zero attached hydrogens (tertiary/aromatic N) is 2. The highest BCUT2D eigenvalue weighted by Gasteiger charge is 2.36. The Morgan fingerprint density at radius 1 is 1.62 bits per heavy atom. The Kier molecular flexibility index (Phi) is 3.59. The van der Waals surface area contributed by atoms with E-state index in [-0.39, 0.29) is 11.3 Å². The second-order valence-corrected chi connectivity index (χ2v) is 7.10. The van der Waals surface area contributed by atoms with Crippen molar-refractivity contribution in [2.24, 2.45) is 11.1 Å². The van der Waals surface area contributed by atoms with E-state index in [1.807, 2.05) is 24.0 Å². The molecule has 21 heavy (non-hydrogen) atoms. The topological polar surface area (TPSA) is 72.4 Å². The number of amides is 1. The van der Waals surface area contributed by atoms with E-state index in [9.17, 15) is 4.79 Å². The minimum atomic E-state index is -0.00117. The monoisotopic (exact) mass is 305 g/mol. The summed E-state index contributed by atoms with van der Waals surface area (Å²) in [6.45, 7) is 6.11. The van der Waals surface area contributed by atoms with Gasteiger partial charge in [0.1, 0.15) is 5.69 Å². The summed E-state index contributed by atoms with van der Waals surface area (Å²) in [5.41, 5.74) is 6.37. The molecule has 0 saturated carbocycles. The summed E-state index contributed by atoms with van der Waals surface area (Å²) in [5.74, 6) is 0.703. The summed E-state index contributed by atoms with van der Waals surface area (Å²) in [5, 5.41) is 0.752. The first-order chi connectivity index (χ1) is 10.0. The molecule has 3 heterocycles. The van der Waals surface area contributed by atoms with Crippen LogP contribution in [0.5, 0.6) is 0 Å². The van der Waals surface area contributed by atoms with Crippen LogP contribution < -0.4 is 5.73 Å². The average Bonchev–Trinajstić information content (AvgIpc) is 3.17. The molecule has 1 unspecified atom stereocenters. The van der Waals surface area contributed by atoms with Gasteiger partial charge in [-0.05, 0) is 37.4 Å². The molecule has 1 amide bonds. The molecule has 0 radical (unpaired) electrons. The van der Waals surface area contributed by atoms with Crippen molar-refractivity contribution in [2.75, 3.05) is 19.6 Å². The van der Waals surface area contributed by atoms with Crippen molar-refractivity contribution < 1.29 is 9.21 Å².